The highest BCUT2D eigenvalue weighted by Gasteiger charge is 2.20. The second-order valence-corrected chi connectivity index (χ2v) is 7.15. The monoisotopic (exact) mass is 391 g/mol. The van der Waals surface area contributed by atoms with E-state index in [1.165, 1.54) is 12.8 Å². The van der Waals surface area contributed by atoms with Gasteiger partial charge in [-0.15, -0.1) is 0 Å². The molecule has 2 rings (SSSR count). The quantitative estimate of drug-likeness (QED) is 0.321. The van der Waals surface area contributed by atoms with Crippen molar-refractivity contribution in [2.24, 2.45) is 4.99 Å². The van der Waals surface area contributed by atoms with Gasteiger partial charge >= 0.3 is 0 Å². The lowest BCUT2D eigenvalue weighted by Crippen LogP contribution is -2.37. The Morgan fingerprint density at radius 3 is 2.64 bits per heavy atom. The van der Waals surface area contributed by atoms with Crippen LogP contribution in [0.15, 0.2) is 23.2 Å². The van der Waals surface area contributed by atoms with E-state index in [9.17, 15) is 0 Å². The number of methoxy groups -OCH3 is 2. The molecule has 1 aliphatic carbocycles. The maximum Gasteiger partial charge on any atom is 0.191 e. The first-order valence-corrected chi connectivity index (χ1v) is 10.6. The molecule has 0 radical (unpaired) electrons. The van der Waals surface area contributed by atoms with Gasteiger partial charge in [-0.2, -0.15) is 0 Å². The molecular formula is C22H37N3O3. The van der Waals surface area contributed by atoms with Gasteiger partial charge in [0.15, 0.2) is 17.5 Å². The molecule has 0 aliphatic heterocycles. The summed E-state index contributed by atoms with van der Waals surface area (Å²) in [6.07, 6.45) is 8.36. The Morgan fingerprint density at radius 2 is 1.93 bits per heavy atom. The normalized spacial score (nSPS) is 14.9. The third-order valence-electron chi connectivity index (χ3n) is 4.94. The van der Waals surface area contributed by atoms with E-state index in [4.69, 9.17) is 19.2 Å². The fourth-order valence-electron chi connectivity index (χ4n) is 3.41. The molecule has 1 fully saturated rings. The molecule has 1 saturated carbocycles. The molecule has 158 valence electrons. The molecule has 0 bridgehead atoms. The van der Waals surface area contributed by atoms with Crippen molar-refractivity contribution in [1.29, 1.82) is 0 Å². The Bertz CT molecular complexity index is 586. The smallest absolute Gasteiger partial charge is 0.191 e. The summed E-state index contributed by atoms with van der Waals surface area (Å²) in [5, 5.41) is 6.73. The van der Waals surface area contributed by atoms with E-state index in [0.29, 0.717) is 6.54 Å². The zero-order chi connectivity index (χ0) is 20.0. The summed E-state index contributed by atoms with van der Waals surface area (Å²) in [5.41, 5.74) is 1.06. The molecule has 1 aliphatic rings. The molecule has 0 unspecified atom stereocenters. The Kier molecular flexibility index (Phi) is 10.6. The second kappa shape index (κ2) is 13.3. The van der Waals surface area contributed by atoms with Crippen molar-refractivity contribution in [1.82, 2.24) is 10.6 Å². The van der Waals surface area contributed by atoms with Gasteiger partial charge in [0.25, 0.3) is 0 Å². The van der Waals surface area contributed by atoms with Crippen molar-refractivity contribution in [3.8, 4) is 11.5 Å². The highest BCUT2D eigenvalue weighted by molar-refractivity contribution is 5.79. The molecule has 2 N–H and O–H groups in total. The van der Waals surface area contributed by atoms with Crippen molar-refractivity contribution in [2.75, 3.05) is 33.9 Å². The zero-order valence-electron chi connectivity index (χ0n) is 17.8. The van der Waals surface area contributed by atoms with E-state index < -0.39 is 0 Å². The van der Waals surface area contributed by atoms with Gasteiger partial charge in [0.1, 0.15) is 0 Å². The Morgan fingerprint density at radius 1 is 1.11 bits per heavy atom. The molecule has 0 aromatic heterocycles. The second-order valence-electron chi connectivity index (χ2n) is 7.15. The van der Waals surface area contributed by atoms with Gasteiger partial charge in [0, 0.05) is 32.4 Å². The summed E-state index contributed by atoms with van der Waals surface area (Å²) in [5.74, 6) is 2.47. The number of aliphatic imine (C=N–C) groups is 1. The number of nitrogens with zero attached hydrogens (tertiary/aromatic N) is 1. The van der Waals surface area contributed by atoms with Crippen molar-refractivity contribution in [3.63, 3.8) is 0 Å². The lowest BCUT2D eigenvalue weighted by molar-refractivity contribution is 0.192. The summed E-state index contributed by atoms with van der Waals surface area (Å²) in [6, 6.07) is 6.03. The highest BCUT2D eigenvalue weighted by atomic mass is 16.5. The van der Waals surface area contributed by atoms with E-state index in [1.807, 2.05) is 12.1 Å². The van der Waals surface area contributed by atoms with Crippen LogP contribution in [0, 0.1) is 0 Å². The van der Waals surface area contributed by atoms with E-state index >= 15 is 0 Å². The maximum atomic E-state index is 6.31. The van der Waals surface area contributed by atoms with Crippen molar-refractivity contribution in [3.05, 3.63) is 23.8 Å². The summed E-state index contributed by atoms with van der Waals surface area (Å²) < 4.78 is 17.0. The number of nitrogens with one attached hydrogen (secondary N) is 2. The molecule has 0 saturated heterocycles. The minimum absolute atomic E-state index is 0.289. The number of guanidine groups is 1. The minimum atomic E-state index is 0.289. The predicted octanol–water partition coefficient (Wildman–Crippen LogP) is 3.89. The summed E-state index contributed by atoms with van der Waals surface area (Å²) >= 11 is 0. The first-order valence-electron chi connectivity index (χ1n) is 10.6. The predicted molar refractivity (Wildman–Crippen MR) is 114 cm³/mol. The molecule has 6 nitrogen and oxygen atoms in total. The Hall–Kier alpha value is -1.95. The van der Waals surface area contributed by atoms with Crippen LogP contribution in [0.5, 0.6) is 11.5 Å². The average molecular weight is 392 g/mol. The van der Waals surface area contributed by atoms with Crippen LogP contribution in [-0.2, 0) is 11.3 Å². The number of para-hydroxylation sites is 1. The van der Waals surface area contributed by atoms with E-state index in [0.717, 1.165) is 74.8 Å². The van der Waals surface area contributed by atoms with Gasteiger partial charge in [0.2, 0.25) is 0 Å². The van der Waals surface area contributed by atoms with Crippen LogP contribution in [-0.4, -0.2) is 46.0 Å². The van der Waals surface area contributed by atoms with Crippen LogP contribution in [0.2, 0.25) is 0 Å². The van der Waals surface area contributed by atoms with Crippen LogP contribution < -0.4 is 20.1 Å². The largest absolute Gasteiger partial charge is 0.493 e. The van der Waals surface area contributed by atoms with Gasteiger partial charge in [-0.25, -0.2) is 4.99 Å². The average Bonchev–Trinajstić information content (AvgIpc) is 3.22. The third kappa shape index (κ3) is 7.58. The number of rotatable bonds is 12. The number of hydrogen-bond acceptors (Lipinski definition) is 4. The van der Waals surface area contributed by atoms with Gasteiger partial charge in [-0.3, -0.25) is 0 Å². The Labute approximate surface area is 170 Å². The molecule has 0 atom stereocenters. The number of ether oxygens (including phenoxy) is 3. The summed E-state index contributed by atoms with van der Waals surface area (Å²) in [4.78, 5) is 4.76. The van der Waals surface area contributed by atoms with Gasteiger partial charge in [-0.1, -0.05) is 12.1 Å². The SMILES string of the molecule is CCNC(=NCc1cccc(OC)c1OC1CCCC1)NCCCCCOC. The summed E-state index contributed by atoms with van der Waals surface area (Å²) in [7, 11) is 3.44. The highest BCUT2D eigenvalue weighted by Crippen LogP contribution is 2.35. The molecule has 0 amide bonds. The molecule has 0 spiro atoms. The molecule has 6 heteroatoms. The fourth-order valence-corrected chi connectivity index (χ4v) is 3.41. The standard InChI is InChI=1S/C22H37N3O3/c1-4-23-22(24-15-8-5-9-16-26-2)25-17-18-11-10-14-20(27-3)21(18)28-19-12-6-7-13-19/h10-11,14,19H,4-9,12-13,15-17H2,1-3H3,(H2,23,24,25). The lowest BCUT2D eigenvalue weighted by atomic mass is 10.1. The Balaban J connectivity index is 1.97. The fraction of sp³-hybridized carbons (Fsp3) is 0.682. The minimum Gasteiger partial charge on any atom is -0.493 e. The molecule has 28 heavy (non-hydrogen) atoms. The van der Waals surface area contributed by atoms with Crippen LogP contribution in [0.25, 0.3) is 0 Å². The maximum absolute atomic E-state index is 6.31. The van der Waals surface area contributed by atoms with Gasteiger partial charge < -0.3 is 24.8 Å². The van der Waals surface area contributed by atoms with E-state index in [-0.39, 0.29) is 6.10 Å². The molecule has 1 aromatic rings. The van der Waals surface area contributed by atoms with Crippen LogP contribution in [0.1, 0.15) is 57.4 Å². The number of benzene rings is 1. The van der Waals surface area contributed by atoms with Crippen LogP contribution in [0.3, 0.4) is 0 Å². The van der Waals surface area contributed by atoms with Crippen LogP contribution >= 0.6 is 0 Å². The number of unbranched alkanes of at least 4 members (excludes halogenated alkanes) is 2. The molecular weight excluding hydrogens is 354 g/mol. The molecule has 1 aromatic carbocycles. The topological polar surface area (TPSA) is 64.1 Å². The van der Waals surface area contributed by atoms with E-state index in [2.05, 4.69) is 23.6 Å². The van der Waals surface area contributed by atoms with Crippen molar-refractivity contribution < 1.29 is 14.2 Å². The molecule has 0 heterocycles. The van der Waals surface area contributed by atoms with Gasteiger partial charge in [-0.05, 0) is 57.9 Å². The summed E-state index contributed by atoms with van der Waals surface area (Å²) in [6.45, 7) is 5.19. The zero-order valence-corrected chi connectivity index (χ0v) is 17.8. The lowest BCUT2D eigenvalue weighted by Gasteiger charge is -2.19. The first kappa shape index (κ1) is 22.3. The van der Waals surface area contributed by atoms with E-state index in [1.54, 1.807) is 14.2 Å². The van der Waals surface area contributed by atoms with Crippen LogP contribution in [0.4, 0.5) is 0 Å². The number of hydrogen-bond donors (Lipinski definition) is 2. The van der Waals surface area contributed by atoms with Crippen molar-refractivity contribution >= 4 is 5.96 Å². The van der Waals surface area contributed by atoms with Gasteiger partial charge in [0.05, 0.1) is 19.8 Å². The third-order valence-corrected chi connectivity index (χ3v) is 4.94. The first-order chi connectivity index (χ1) is 13.8. The van der Waals surface area contributed by atoms with Crippen molar-refractivity contribution in [2.45, 2.75) is 64.5 Å².